The Labute approximate surface area is 130 Å². The molecule has 0 unspecified atom stereocenters. The fourth-order valence-electron chi connectivity index (χ4n) is 2.60. The number of carboxylic acids is 1. The van der Waals surface area contributed by atoms with Crippen LogP contribution >= 0.6 is 15.9 Å². The summed E-state index contributed by atoms with van der Waals surface area (Å²) in [5, 5.41) is 9.02. The van der Waals surface area contributed by atoms with Crippen LogP contribution in [0, 0.1) is 5.82 Å². The summed E-state index contributed by atoms with van der Waals surface area (Å²) in [6.45, 7) is 2.18. The van der Waals surface area contributed by atoms with Crippen LogP contribution in [0.15, 0.2) is 40.9 Å². The highest BCUT2D eigenvalue weighted by Crippen LogP contribution is 2.27. The van der Waals surface area contributed by atoms with Crippen molar-refractivity contribution in [2.24, 2.45) is 0 Å². The van der Waals surface area contributed by atoms with Crippen molar-refractivity contribution in [3.8, 4) is 0 Å². The van der Waals surface area contributed by atoms with Gasteiger partial charge in [-0.3, -0.25) is 4.90 Å². The summed E-state index contributed by atoms with van der Waals surface area (Å²) in [5.41, 5.74) is 3.53. The Morgan fingerprint density at radius 1 is 1.19 bits per heavy atom. The molecule has 1 aliphatic heterocycles. The molecule has 0 amide bonds. The molecular weight excluding hydrogens is 337 g/mol. The second-order valence-electron chi connectivity index (χ2n) is 5.17. The highest BCUT2D eigenvalue weighted by molar-refractivity contribution is 9.10. The first-order valence-corrected chi connectivity index (χ1v) is 7.33. The Balaban J connectivity index is 1.77. The molecular formula is C16H13BrFNO2. The van der Waals surface area contributed by atoms with Crippen LogP contribution in [0.4, 0.5) is 4.39 Å². The van der Waals surface area contributed by atoms with Gasteiger partial charge in [0.1, 0.15) is 5.82 Å². The third kappa shape index (κ3) is 2.99. The molecule has 0 spiro atoms. The second kappa shape index (κ2) is 5.58. The molecule has 0 aliphatic carbocycles. The molecule has 0 atom stereocenters. The number of hydrogen-bond acceptors (Lipinski definition) is 2. The Kier molecular flexibility index (Phi) is 3.78. The van der Waals surface area contributed by atoms with E-state index in [9.17, 15) is 9.18 Å². The zero-order valence-electron chi connectivity index (χ0n) is 11.1. The lowest BCUT2D eigenvalue weighted by molar-refractivity contribution is 0.0696. The molecule has 3 nitrogen and oxygen atoms in total. The van der Waals surface area contributed by atoms with E-state index >= 15 is 0 Å². The molecule has 1 N–H and O–H groups in total. The molecule has 108 valence electrons. The average Bonchev–Trinajstić information content (AvgIpc) is 2.83. The summed E-state index contributed by atoms with van der Waals surface area (Å²) in [6, 6.07) is 9.92. The van der Waals surface area contributed by atoms with E-state index in [1.54, 1.807) is 18.2 Å². The first-order valence-electron chi connectivity index (χ1n) is 6.54. The SMILES string of the molecule is O=C(O)c1ccc2c(c1)CN(Cc1ccc(F)cc1Br)C2. The van der Waals surface area contributed by atoms with Crippen molar-refractivity contribution in [1.29, 1.82) is 0 Å². The lowest BCUT2D eigenvalue weighted by Crippen LogP contribution is -2.15. The highest BCUT2D eigenvalue weighted by atomic mass is 79.9. The van der Waals surface area contributed by atoms with E-state index in [0.29, 0.717) is 18.7 Å². The first-order chi connectivity index (χ1) is 10.0. The number of aromatic carboxylic acids is 1. The normalized spacial score (nSPS) is 14.2. The van der Waals surface area contributed by atoms with Gasteiger partial charge in [-0.05, 0) is 41.0 Å². The Morgan fingerprint density at radius 3 is 2.67 bits per heavy atom. The molecule has 3 rings (SSSR count). The number of carboxylic acid groups (broad SMARTS) is 1. The van der Waals surface area contributed by atoms with Crippen molar-refractivity contribution in [1.82, 2.24) is 4.90 Å². The van der Waals surface area contributed by atoms with Crippen LogP contribution in [-0.2, 0) is 19.6 Å². The summed E-state index contributed by atoms with van der Waals surface area (Å²) < 4.78 is 13.9. The second-order valence-corrected chi connectivity index (χ2v) is 6.02. The van der Waals surface area contributed by atoms with Crippen molar-refractivity contribution in [3.05, 3.63) is 68.9 Å². The van der Waals surface area contributed by atoms with Crippen LogP contribution in [0.2, 0.25) is 0 Å². The summed E-state index contributed by atoms with van der Waals surface area (Å²) in [6.07, 6.45) is 0. The summed E-state index contributed by atoms with van der Waals surface area (Å²) in [5.74, 6) is -1.17. The minimum absolute atomic E-state index is 0.263. The molecule has 0 saturated heterocycles. The Morgan fingerprint density at radius 2 is 1.95 bits per heavy atom. The third-order valence-electron chi connectivity index (χ3n) is 3.65. The number of halogens is 2. The summed E-state index contributed by atoms with van der Waals surface area (Å²) in [4.78, 5) is 13.2. The van der Waals surface area contributed by atoms with Gasteiger partial charge in [0.25, 0.3) is 0 Å². The van der Waals surface area contributed by atoms with E-state index in [1.807, 2.05) is 6.07 Å². The minimum atomic E-state index is -0.905. The molecule has 0 radical (unpaired) electrons. The third-order valence-corrected chi connectivity index (χ3v) is 4.39. The number of fused-ring (bicyclic) bond motifs is 1. The number of nitrogens with zero attached hydrogens (tertiary/aromatic N) is 1. The Bertz CT molecular complexity index is 717. The topological polar surface area (TPSA) is 40.5 Å². The van der Waals surface area contributed by atoms with Crippen LogP contribution in [0.25, 0.3) is 0 Å². The van der Waals surface area contributed by atoms with Crippen molar-refractivity contribution >= 4 is 21.9 Å². The molecule has 0 saturated carbocycles. The summed E-state index contributed by atoms with van der Waals surface area (Å²) >= 11 is 3.38. The van der Waals surface area contributed by atoms with E-state index in [4.69, 9.17) is 5.11 Å². The molecule has 1 heterocycles. The predicted octanol–water partition coefficient (Wildman–Crippen LogP) is 3.80. The maximum absolute atomic E-state index is 13.1. The van der Waals surface area contributed by atoms with Crippen molar-refractivity contribution in [3.63, 3.8) is 0 Å². The maximum atomic E-state index is 13.1. The van der Waals surface area contributed by atoms with E-state index in [1.165, 1.54) is 12.1 Å². The smallest absolute Gasteiger partial charge is 0.335 e. The van der Waals surface area contributed by atoms with Crippen LogP contribution in [0.1, 0.15) is 27.0 Å². The van der Waals surface area contributed by atoms with Crippen molar-refractivity contribution in [2.45, 2.75) is 19.6 Å². The fourth-order valence-corrected chi connectivity index (χ4v) is 3.08. The van der Waals surface area contributed by atoms with Gasteiger partial charge in [-0.1, -0.05) is 28.1 Å². The lowest BCUT2D eigenvalue weighted by Gasteiger charge is -2.15. The standard InChI is InChI=1S/C16H13BrFNO2/c17-15-6-14(18)4-3-12(15)8-19-7-11-2-1-10(16(20)21)5-13(11)9-19/h1-6H,7-9H2,(H,20,21). The van der Waals surface area contributed by atoms with Crippen molar-refractivity contribution < 1.29 is 14.3 Å². The van der Waals surface area contributed by atoms with Gasteiger partial charge in [-0.2, -0.15) is 0 Å². The lowest BCUT2D eigenvalue weighted by atomic mass is 10.1. The summed E-state index contributed by atoms with van der Waals surface area (Å²) in [7, 11) is 0. The van der Waals surface area contributed by atoms with Crippen LogP contribution in [0.5, 0.6) is 0 Å². The molecule has 5 heteroatoms. The molecule has 0 aromatic heterocycles. The van der Waals surface area contributed by atoms with Gasteiger partial charge in [0.2, 0.25) is 0 Å². The number of hydrogen-bond donors (Lipinski definition) is 1. The minimum Gasteiger partial charge on any atom is -0.478 e. The molecule has 2 aromatic carbocycles. The quantitative estimate of drug-likeness (QED) is 0.915. The largest absolute Gasteiger partial charge is 0.478 e. The van der Waals surface area contributed by atoms with Crippen LogP contribution in [-0.4, -0.2) is 16.0 Å². The fraction of sp³-hybridized carbons (Fsp3) is 0.188. The van der Waals surface area contributed by atoms with Gasteiger partial charge < -0.3 is 5.11 Å². The molecule has 2 aromatic rings. The number of benzene rings is 2. The van der Waals surface area contributed by atoms with Gasteiger partial charge in [0, 0.05) is 24.1 Å². The van der Waals surface area contributed by atoms with E-state index < -0.39 is 5.97 Å². The van der Waals surface area contributed by atoms with Gasteiger partial charge in [-0.15, -0.1) is 0 Å². The molecule has 0 fully saturated rings. The first kappa shape index (κ1) is 14.2. The monoisotopic (exact) mass is 349 g/mol. The highest BCUT2D eigenvalue weighted by Gasteiger charge is 2.21. The van der Waals surface area contributed by atoms with E-state index in [-0.39, 0.29) is 5.82 Å². The molecule has 1 aliphatic rings. The van der Waals surface area contributed by atoms with Crippen molar-refractivity contribution in [2.75, 3.05) is 0 Å². The molecule has 0 bridgehead atoms. The van der Waals surface area contributed by atoms with Gasteiger partial charge in [-0.25, -0.2) is 9.18 Å². The number of rotatable bonds is 3. The molecule has 21 heavy (non-hydrogen) atoms. The predicted molar refractivity (Wildman–Crippen MR) is 80.5 cm³/mol. The Hall–Kier alpha value is -1.72. The zero-order chi connectivity index (χ0) is 15.0. The van der Waals surface area contributed by atoms with Crippen LogP contribution in [0.3, 0.4) is 0 Å². The van der Waals surface area contributed by atoms with E-state index in [0.717, 1.165) is 27.7 Å². The zero-order valence-corrected chi connectivity index (χ0v) is 12.7. The van der Waals surface area contributed by atoms with Gasteiger partial charge >= 0.3 is 5.97 Å². The average molecular weight is 350 g/mol. The van der Waals surface area contributed by atoms with Crippen LogP contribution < -0.4 is 0 Å². The van der Waals surface area contributed by atoms with Gasteiger partial charge in [0.15, 0.2) is 0 Å². The number of carbonyl (C=O) groups is 1. The maximum Gasteiger partial charge on any atom is 0.335 e. The van der Waals surface area contributed by atoms with Gasteiger partial charge in [0.05, 0.1) is 5.56 Å². The van der Waals surface area contributed by atoms with E-state index in [2.05, 4.69) is 20.8 Å².